The molecular formula is C30H26BrF4N7O2. The molecule has 0 fully saturated rings. The molecule has 1 aliphatic heterocycles. The molecule has 14 heteroatoms. The summed E-state index contributed by atoms with van der Waals surface area (Å²) in [5, 5.41) is 9.60. The van der Waals surface area contributed by atoms with Gasteiger partial charge in [0.05, 0.1) is 47.6 Å². The molecule has 4 heterocycles. The molecule has 228 valence electrons. The minimum atomic E-state index is -4.65. The lowest BCUT2D eigenvalue weighted by Gasteiger charge is -2.34. The molecule has 2 aromatic carbocycles. The summed E-state index contributed by atoms with van der Waals surface area (Å²) in [7, 11) is 1.81. The van der Waals surface area contributed by atoms with Crippen LogP contribution in [-0.4, -0.2) is 52.6 Å². The molecule has 0 spiro atoms. The highest BCUT2D eigenvalue weighted by Crippen LogP contribution is 2.36. The van der Waals surface area contributed by atoms with E-state index in [1.165, 1.54) is 26.3 Å². The van der Waals surface area contributed by atoms with Gasteiger partial charge >= 0.3 is 6.18 Å². The van der Waals surface area contributed by atoms with Crippen molar-refractivity contribution in [3.63, 3.8) is 0 Å². The van der Waals surface area contributed by atoms with Gasteiger partial charge in [0.1, 0.15) is 0 Å². The first-order valence-corrected chi connectivity index (χ1v) is 14.5. The molecule has 6 rings (SSSR count). The maximum atomic E-state index is 14.2. The number of hydrogen-bond donors (Lipinski definition) is 0. The number of aryl methyl sites for hydroxylation is 3. The maximum Gasteiger partial charge on any atom is 0.417 e. The number of carbonyl (C=O) groups excluding carboxylic acids is 1. The number of amides is 1. The first-order valence-electron chi connectivity index (χ1n) is 13.7. The Labute approximate surface area is 256 Å². The molecule has 0 radical (unpaired) electrons. The standard InChI is InChI=1S/C30H26BrF4N7O2/c1-16-11-22-25(15-40(16)27(43)18-4-6-24(31)23(13-18)30(33,34)35)37-29(42-17(2)10-20(38-42)8-9-32)41(28(22)44)21-5-7-26-19(12-21)14-36-39(26)3/h4-7,10,12-14,16H,8-9,11,15H2,1-3H3. The van der Waals surface area contributed by atoms with Crippen LogP contribution in [0.3, 0.4) is 0 Å². The molecule has 3 aromatic heterocycles. The van der Waals surface area contributed by atoms with E-state index in [1.54, 1.807) is 36.9 Å². The van der Waals surface area contributed by atoms with Crippen LogP contribution in [0.15, 0.2) is 57.9 Å². The van der Waals surface area contributed by atoms with Crippen molar-refractivity contribution >= 4 is 32.7 Å². The first kappa shape index (κ1) is 29.7. The fraction of sp³-hybridized carbons (Fsp3) is 0.300. The molecule has 1 unspecified atom stereocenters. The van der Waals surface area contributed by atoms with E-state index < -0.39 is 30.4 Å². The van der Waals surface area contributed by atoms with Gasteiger partial charge in [-0.25, -0.2) is 14.2 Å². The zero-order valence-electron chi connectivity index (χ0n) is 23.9. The van der Waals surface area contributed by atoms with Crippen LogP contribution in [0.1, 0.15) is 45.5 Å². The van der Waals surface area contributed by atoms with Gasteiger partial charge < -0.3 is 4.90 Å². The van der Waals surface area contributed by atoms with E-state index in [2.05, 4.69) is 26.1 Å². The zero-order valence-corrected chi connectivity index (χ0v) is 25.4. The van der Waals surface area contributed by atoms with Crippen molar-refractivity contribution in [3.05, 3.63) is 97.3 Å². The SMILES string of the molecule is Cc1cc(CCF)nn1-c1nc2c(c(=O)n1-c1ccc3c(cnn3C)c1)CC(C)N(C(=O)c1ccc(Br)c(C(F)(F)F)c1)C2. The number of hydrogen-bond acceptors (Lipinski definition) is 5. The lowest BCUT2D eigenvalue weighted by Crippen LogP contribution is -2.46. The van der Waals surface area contributed by atoms with Crippen LogP contribution in [0.25, 0.3) is 22.5 Å². The van der Waals surface area contributed by atoms with Crippen LogP contribution in [0.5, 0.6) is 0 Å². The van der Waals surface area contributed by atoms with Crippen molar-refractivity contribution in [3.8, 4) is 11.6 Å². The second-order valence-corrected chi connectivity index (χ2v) is 11.6. The number of nitrogens with zero attached hydrogens (tertiary/aromatic N) is 7. The van der Waals surface area contributed by atoms with Gasteiger partial charge in [-0.15, -0.1) is 0 Å². The average Bonchev–Trinajstić information content (AvgIpc) is 3.53. The van der Waals surface area contributed by atoms with Crippen LogP contribution < -0.4 is 5.56 Å². The van der Waals surface area contributed by atoms with Gasteiger partial charge in [-0.2, -0.15) is 23.4 Å². The summed E-state index contributed by atoms with van der Waals surface area (Å²) in [5.74, 6) is -0.472. The predicted octanol–water partition coefficient (Wildman–Crippen LogP) is 5.49. The summed E-state index contributed by atoms with van der Waals surface area (Å²) in [6.07, 6.45) is -2.75. The van der Waals surface area contributed by atoms with Gasteiger partial charge in [-0.1, -0.05) is 15.9 Å². The Hall–Kier alpha value is -4.33. The molecule has 0 bridgehead atoms. The monoisotopic (exact) mass is 671 g/mol. The molecule has 5 aromatic rings. The number of fused-ring (bicyclic) bond motifs is 2. The highest BCUT2D eigenvalue weighted by atomic mass is 79.9. The normalized spacial score (nSPS) is 15.2. The molecule has 1 aliphatic rings. The van der Waals surface area contributed by atoms with Crippen LogP contribution in [0, 0.1) is 6.92 Å². The molecule has 44 heavy (non-hydrogen) atoms. The predicted molar refractivity (Wildman–Crippen MR) is 158 cm³/mol. The Kier molecular flexibility index (Phi) is 7.42. The third-order valence-electron chi connectivity index (χ3n) is 7.84. The summed E-state index contributed by atoms with van der Waals surface area (Å²) < 4.78 is 58.3. The van der Waals surface area contributed by atoms with E-state index in [9.17, 15) is 27.2 Å². The molecule has 0 N–H and O–H groups in total. The number of alkyl halides is 4. The Morgan fingerprint density at radius 2 is 1.91 bits per heavy atom. The van der Waals surface area contributed by atoms with E-state index in [1.807, 2.05) is 19.2 Å². The van der Waals surface area contributed by atoms with Crippen LogP contribution in [0.2, 0.25) is 0 Å². The molecule has 9 nitrogen and oxygen atoms in total. The highest BCUT2D eigenvalue weighted by molar-refractivity contribution is 9.10. The number of halogens is 5. The van der Waals surface area contributed by atoms with Crippen molar-refractivity contribution in [1.29, 1.82) is 0 Å². The van der Waals surface area contributed by atoms with E-state index in [-0.39, 0.29) is 40.9 Å². The summed E-state index contributed by atoms with van der Waals surface area (Å²) in [6, 6.07) is 9.98. The molecule has 0 saturated heterocycles. The minimum Gasteiger partial charge on any atom is -0.330 e. The first-order chi connectivity index (χ1) is 20.9. The van der Waals surface area contributed by atoms with Gasteiger partial charge in [-0.05, 0) is 62.7 Å². The quantitative estimate of drug-likeness (QED) is 0.231. The summed E-state index contributed by atoms with van der Waals surface area (Å²) in [4.78, 5) is 34.1. The van der Waals surface area contributed by atoms with Gasteiger partial charge in [0.15, 0.2) is 0 Å². The van der Waals surface area contributed by atoms with Gasteiger partial charge in [0.2, 0.25) is 5.95 Å². The third kappa shape index (κ3) is 5.10. The smallest absolute Gasteiger partial charge is 0.330 e. The van der Waals surface area contributed by atoms with Crippen molar-refractivity contribution in [2.75, 3.05) is 6.67 Å². The molecule has 1 atom stereocenters. The Morgan fingerprint density at radius 1 is 1.14 bits per heavy atom. The van der Waals surface area contributed by atoms with Gasteiger partial charge in [0, 0.05) is 46.2 Å². The highest BCUT2D eigenvalue weighted by Gasteiger charge is 2.36. The third-order valence-corrected chi connectivity index (χ3v) is 8.53. The van der Waals surface area contributed by atoms with Crippen molar-refractivity contribution in [1.82, 2.24) is 34.0 Å². The van der Waals surface area contributed by atoms with Crippen molar-refractivity contribution < 1.29 is 22.4 Å². The van der Waals surface area contributed by atoms with E-state index in [0.717, 1.165) is 17.0 Å². The fourth-order valence-corrected chi connectivity index (χ4v) is 6.06. The largest absolute Gasteiger partial charge is 0.417 e. The van der Waals surface area contributed by atoms with Crippen LogP contribution in [-0.2, 0) is 32.6 Å². The van der Waals surface area contributed by atoms with E-state index >= 15 is 0 Å². The van der Waals surface area contributed by atoms with Crippen LogP contribution >= 0.6 is 15.9 Å². The maximum absolute atomic E-state index is 14.2. The lowest BCUT2D eigenvalue weighted by molar-refractivity contribution is -0.138. The Balaban J connectivity index is 1.49. The number of aromatic nitrogens is 6. The topological polar surface area (TPSA) is 90.8 Å². The summed E-state index contributed by atoms with van der Waals surface area (Å²) in [6.45, 7) is 2.79. The number of rotatable bonds is 5. The number of carbonyl (C=O) groups is 1. The van der Waals surface area contributed by atoms with E-state index in [0.29, 0.717) is 28.3 Å². The average molecular weight is 672 g/mol. The number of benzene rings is 2. The van der Waals surface area contributed by atoms with E-state index in [4.69, 9.17) is 4.98 Å². The Bertz CT molecular complexity index is 2000. The van der Waals surface area contributed by atoms with Crippen molar-refractivity contribution in [2.24, 2.45) is 7.05 Å². The second kappa shape index (κ2) is 11.0. The minimum absolute atomic E-state index is 0.0809. The van der Waals surface area contributed by atoms with Crippen LogP contribution in [0.4, 0.5) is 17.6 Å². The lowest BCUT2D eigenvalue weighted by atomic mass is 9.98. The van der Waals surface area contributed by atoms with Gasteiger partial charge in [0.25, 0.3) is 11.5 Å². The molecule has 0 aliphatic carbocycles. The van der Waals surface area contributed by atoms with Gasteiger partial charge in [-0.3, -0.25) is 18.7 Å². The zero-order chi connectivity index (χ0) is 31.5. The summed E-state index contributed by atoms with van der Waals surface area (Å²) >= 11 is 2.91. The Morgan fingerprint density at radius 3 is 2.64 bits per heavy atom. The summed E-state index contributed by atoms with van der Waals surface area (Å²) in [5.41, 5.74) is 1.71. The molecular weight excluding hydrogens is 646 g/mol. The second-order valence-electron chi connectivity index (χ2n) is 10.8. The molecule has 0 saturated carbocycles. The fourth-order valence-electron chi connectivity index (χ4n) is 5.58. The molecule has 1 amide bonds. The van der Waals surface area contributed by atoms with Crippen molar-refractivity contribution in [2.45, 2.75) is 45.5 Å².